The topological polar surface area (TPSA) is 69.7 Å². The average molecular weight is 463 g/mol. The van der Waals surface area contributed by atoms with Crippen molar-refractivity contribution >= 4 is 42.5 Å². The summed E-state index contributed by atoms with van der Waals surface area (Å²) in [4.78, 5) is 16.2. The van der Waals surface area contributed by atoms with Crippen LogP contribution in [0.2, 0.25) is 10.3 Å². The predicted molar refractivity (Wildman–Crippen MR) is 123 cm³/mol. The van der Waals surface area contributed by atoms with E-state index in [0.29, 0.717) is 11.0 Å². The molecule has 1 saturated heterocycles. The Hall–Kier alpha value is -2.06. The van der Waals surface area contributed by atoms with Crippen molar-refractivity contribution in [3.8, 4) is 0 Å². The van der Waals surface area contributed by atoms with Crippen LogP contribution in [-0.2, 0) is 20.7 Å². The minimum absolute atomic E-state index is 0.155. The molecule has 0 bridgehead atoms. The molecule has 9 heteroatoms. The van der Waals surface area contributed by atoms with Crippen LogP contribution in [0.4, 0.5) is 4.79 Å². The summed E-state index contributed by atoms with van der Waals surface area (Å²) in [5, 5.41) is 3.29. The van der Waals surface area contributed by atoms with Crippen LogP contribution in [-0.4, -0.2) is 35.9 Å². The van der Waals surface area contributed by atoms with E-state index < -0.39 is 24.4 Å². The Balaban J connectivity index is 1.74. The number of hydrogen-bond acceptors (Lipinski definition) is 5. The number of carbonyl (C=O) groups excluding carboxylic acids is 1. The molecule has 0 spiro atoms. The van der Waals surface area contributed by atoms with Crippen LogP contribution >= 0.6 is 23.2 Å². The fraction of sp³-hybridized carbons (Fsp3) is 0.364. The third kappa shape index (κ3) is 6.23. The number of halogens is 2. The largest absolute Gasteiger partial charge is 0.492 e. The summed E-state index contributed by atoms with van der Waals surface area (Å²) in [7, 11) is -0.662. The van der Waals surface area contributed by atoms with Gasteiger partial charge in [0.15, 0.2) is 0 Å². The summed E-state index contributed by atoms with van der Waals surface area (Å²) >= 11 is 12.1. The van der Waals surface area contributed by atoms with E-state index in [1.54, 1.807) is 12.1 Å². The lowest BCUT2D eigenvalue weighted by atomic mass is 9.77. The third-order valence-electron chi connectivity index (χ3n) is 5.34. The Bertz CT molecular complexity index is 931. The maximum Gasteiger partial charge on any atom is 0.492 e. The van der Waals surface area contributed by atoms with Gasteiger partial charge < -0.3 is 19.4 Å². The van der Waals surface area contributed by atoms with Crippen molar-refractivity contribution in [1.29, 1.82) is 0 Å². The number of alkyl carbamates (subject to hydrolysis) is 1. The molecule has 164 valence electrons. The van der Waals surface area contributed by atoms with E-state index in [4.69, 9.17) is 37.2 Å². The number of carbonyl (C=O) groups is 1. The van der Waals surface area contributed by atoms with Crippen LogP contribution in [0.25, 0.3) is 6.08 Å². The van der Waals surface area contributed by atoms with Gasteiger partial charge in [-0.2, -0.15) is 0 Å². The van der Waals surface area contributed by atoms with E-state index >= 15 is 0 Å². The highest BCUT2D eigenvalue weighted by Gasteiger charge is 2.52. The van der Waals surface area contributed by atoms with Gasteiger partial charge in [-0.3, -0.25) is 0 Å². The molecule has 1 N–H and O–H groups in total. The van der Waals surface area contributed by atoms with Gasteiger partial charge in [-0.15, -0.1) is 0 Å². The lowest BCUT2D eigenvalue weighted by molar-refractivity contribution is 0.00578. The van der Waals surface area contributed by atoms with Gasteiger partial charge in [0, 0.05) is 6.54 Å². The van der Waals surface area contributed by atoms with Gasteiger partial charge in [-0.05, 0) is 56.4 Å². The van der Waals surface area contributed by atoms with Crippen LogP contribution in [0.1, 0.15) is 38.8 Å². The standard InChI is InChI=1S/C22H25BCl2N2O4/c1-21(2)22(3,4)31-23(30-21)17(10-16-11-18(24)27-19(25)12-16)13-26-20(28)29-14-15-8-6-5-7-9-15/h5-12H,13-14H2,1-4H3,(H,26,28). The van der Waals surface area contributed by atoms with Crippen molar-refractivity contribution < 1.29 is 18.8 Å². The van der Waals surface area contributed by atoms with Gasteiger partial charge in [-0.1, -0.05) is 59.6 Å². The molecular formula is C22H25BCl2N2O4. The molecule has 0 aliphatic carbocycles. The molecule has 1 amide bonds. The molecule has 0 saturated carbocycles. The van der Waals surface area contributed by atoms with Gasteiger partial charge in [-0.25, -0.2) is 9.78 Å². The minimum atomic E-state index is -0.662. The van der Waals surface area contributed by atoms with E-state index in [2.05, 4.69) is 10.3 Å². The number of rotatable bonds is 6. The van der Waals surface area contributed by atoms with Gasteiger partial charge in [0.05, 0.1) is 11.2 Å². The summed E-state index contributed by atoms with van der Waals surface area (Å²) in [6, 6.07) is 12.8. The first-order chi connectivity index (χ1) is 14.6. The third-order valence-corrected chi connectivity index (χ3v) is 5.73. The van der Waals surface area contributed by atoms with E-state index in [-0.39, 0.29) is 23.5 Å². The molecule has 2 heterocycles. The van der Waals surface area contributed by atoms with Crippen molar-refractivity contribution in [3.05, 3.63) is 69.4 Å². The molecule has 1 aromatic carbocycles. The van der Waals surface area contributed by atoms with Gasteiger partial charge in [0.2, 0.25) is 0 Å². The van der Waals surface area contributed by atoms with Crippen LogP contribution in [0, 0.1) is 0 Å². The number of amides is 1. The zero-order valence-electron chi connectivity index (χ0n) is 17.9. The number of hydrogen-bond donors (Lipinski definition) is 1. The minimum Gasteiger partial charge on any atom is -0.445 e. The summed E-state index contributed by atoms with van der Waals surface area (Å²) in [6.45, 7) is 8.19. The molecular weight excluding hydrogens is 438 g/mol. The molecule has 0 radical (unpaired) electrons. The first kappa shape index (κ1) is 23.6. The van der Waals surface area contributed by atoms with E-state index in [0.717, 1.165) is 5.56 Å². The first-order valence-corrected chi connectivity index (χ1v) is 10.6. The number of nitrogens with one attached hydrogen (secondary N) is 1. The van der Waals surface area contributed by atoms with Gasteiger partial charge in [0.1, 0.15) is 16.9 Å². The maximum atomic E-state index is 12.3. The molecule has 3 rings (SSSR count). The van der Waals surface area contributed by atoms with Crippen molar-refractivity contribution in [2.45, 2.75) is 45.5 Å². The highest BCUT2D eigenvalue weighted by Crippen LogP contribution is 2.38. The molecule has 31 heavy (non-hydrogen) atoms. The molecule has 2 aromatic rings. The quantitative estimate of drug-likeness (QED) is 0.464. The number of pyridine rings is 1. The number of aromatic nitrogens is 1. The van der Waals surface area contributed by atoms with Crippen LogP contribution in [0.5, 0.6) is 0 Å². The lowest BCUT2D eigenvalue weighted by Crippen LogP contribution is -2.41. The van der Waals surface area contributed by atoms with Crippen LogP contribution in [0.3, 0.4) is 0 Å². The highest BCUT2D eigenvalue weighted by molar-refractivity contribution is 6.56. The number of benzene rings is 1. The molecule has 1 fully saturated rings. The molecule has 1 aliphatic heterocycles. The monoisotopic (exact) mass is 462 g/mol. The van der Waals surface area contributed by atoms with Crippen LogP contribution in [0.15, 0.2) is 47.9 Å². The van der Waals surface area contributed by atoms with Gasteiger partial charge in [0.25, 0.3) is 0 Å². The Kier molecular flexibility index (Phi) is 7.32. The summed E-state index contributed by atoms with van der Waals surface area (Å²) < 4.78 is 17.6. The normalized spacial score (nSPS) is 17.5. The number of ether oxygens (including phenoxy) is 1. The summed E-state index contributed by atoms with van der Waals surface area (Å²) in [5.74, 6) is 0. The first-order valence-electron chi connectivity index (χ1n) is 9.89. The molecule has 1 aromatic heterocycles. The second kappa shape index (κ2) is 9.61. The zero-order chi connectivity index (χ0) is 22.6. The average Bonchev–Trinajstić information content (AvgIpc) is 2.90. The fourth-order valence-electron chi connectivity index (χ4n) is 2.93. The molecule has 6 nitrogen and oxygen atoms in total. The predicted octanol–water partition coefficient (Wildman–Crippen LogP) is 5.33. The smallest absolute Gasteiger partial charge is 0.445 e. The Labute approximate surface area is 193 Å². The van der Waals surface area contributed by atoms with Crippen molar-refractivity contribution in [3.63, 3.8) is 0 Å². The van der Waals surface area contributed by atoms with E-state index in [1.807, 2.05) is 64.1 Å². The van der Waals surface area contributed by atoms with Crippen molar-refractivity contribution in [2.75, 3.05) is 6.54 Å². The second-order valence-electron chi connectivity index (χ2n) is 8.27. The zero-order valence-corrected chi connectivity index (χ0v) is 19.5. The summed E-state index contributed by atoms with van der Waals surface area (Å²) in [6.07, 6.45) is 1.27. The molecule has 0 atom stereocenters. The van der Waals surface area contributed by atoms with Crippen molar-refractivity contribution in [1.82, 2.24) is 10.3 Å². The highest BCUT2D eigenvalue weighted by atomic mass is 35.5. The number of nitrogens with zero attached hydrogens (tertiary/aromatic N) is 1. The lowest BCUT2D eigenvalue weighted by Gasteiger charge is -2.32. The van der Waals surface area contributed by atoms with Crippen LogP contribution < -0.4 is 5.32 Å². The molecule has 1 aliphatic rings. The Morgan fingerprint density at radius 2 is 1.68 bits per heavy atom. The summed E-state index contributed by atoms with van der Waals surface area (Å²) in [5.41, 5.74) is 1.25. The van der Waals surface area contributed by atoms with E-state index in [1.165, 1.54) is 0 Å². The maximum absolute atomic E-state index is 12.3. The SMILES string of the molecule is CC1(C)OB(C(=Cc2cc(Cl)nc(Cl)c2)CNC(=O)OCc2ccccc2)OC1(C)C. The van der Waals surface area contributed by atoms with E-state index in [9.17, 15) is 4.79 Å². The van der Waals surface area contributed by atoms with Gasteiger partial charge >= 0.3 is 13.2 Å². The fourth-order valence-corrected chi connectivity index (χ4v) is 3.40. The Morgan fingerprint density at radius 3 is 2.26 bits per heavy atom. The second-order valence-corrected chi connectivity index (χ2v) is 9.04. The van der Waals surface area contributed by atoms with Crippen molar-refractivity contribution in [2.24, 2.45) is 0 Å². The Morgan fingerprint density at radius 1 is 1.10 bits per heavy atom. The molecule has 0 unspecified atom stereocenters.